The van der Waals surface area contributed by atoms with E-state index in [2.05, 4.69) is 10.6 Å². The van der Waals surface area contributed by atoms with Crippen molar-refractivity contribution in [2.24, 2.45) is 5.14 Å². The first kappa shape index (κ1) is 19.5. The van der Waals surface area contributed by atoms with Gasteiger partial charge in [-0.05, 0) is 42.0 Å². The van der Waals surface area contributed by atoms with Crippen LogP contribution in [0.25, 0.3) is 0 Å². The summed E-state index contributed by atoms with van der Waals surface area (Å²) in [6, 6.07) is 14.3. The lowest BCUT2D eigenvalue weighted by Crippen LogP contribution is -2.24. The van der Waals surface area contributed by atoms with E-state index in [4.69, 9.17) is 22.0 Å². The fourth-order valence-electron chi connectivity index (χ4n) is 1.92. The second-order valence-electron chi connectivity index (χ2n) is 5.19. The molecule has 0 radical (unpaired) electrons. The zero-order chi connectivity index (χ0) is 19.2. The summed E-state index contributed by atoms with van der Waals surface area (Å²) in [5, 5.41) is 20.1. The van der Waals surface area contributed by atoms with Crippen LogP contribution in [0.4, 0.5) is 5.69 Å². The molecule has 0 aliphatic heterocycles. The first-order valence-corrected chi connectivity index (χ1v) is 9.24. The van der Waals surface area contributed by atoms with Gasteiger partial charge in [-0.25, -0.2) is 13.6 Å². The minimum atomic E-state index is -3.77. The first-order valence-electron chi connectivity index (χ1n) is 7.32. The maximum absolute atomic E-state index is 12.1. The molecule has 0 heterocycles. The number of nitriles is 1. The minimum Gasteiger partial charge on any atom is -0.360 e. The molecule has 2 aromatic rings. The van der Waals surface area contributed by atoms with Gasteiger partial charge in [-0.15, -0.1) is 0 Å². The molecule has 0 aromatic heterocycles. The number of carbonyl (C=O) groups excluding carboxylic acids is 1. The van der Waals surface area contributed by atoms with Crippen LogP contribution >= 0.6 is 11.6 Å². The third kappa shape index (κ3) is 5.60. The van der Waals surface area contributed by atoms with Crippen LogP contribution in [-0.2, 0) is 21.4 Å². The zero-order valence-electron chi connectivity index (χ0n) is 13.4. The lowest BCUT2D eigenvalue weighted by atomic mass is 10.2. The van der Waals surface area contributed by atoms with E-state index in [1.807, 2.05) is 0 Å². The SMILES string of the molecule is N#C/C(=C/Nc1ccc(S(N)(=O)=O)cc1)C(=O)NCc1ccc(Cl)cc1. The summed E-state index contributed by atoms with van der Waals surface area (Å²) in [6.07, 6.45) is 1.24. The van der Waals surface area contributed by atoms with Crippen LogP contribution in [0.2, 0.25) is 5.02 Å². The average Bonchev–Trinajstić information content (AvgIpc) is 2.61. The minimum absolute atomic E-state index is 0.0340. The van der Waals surface area contributed by atoms with Gasteiger partial charge in [-0.1, -0.05) is 23.7 Å². The number of nitrogens with zero attached hydrogens (tertiary/aromatic N) is 1. The van der Waals surface area contributed by atoms with E-state index in [1.54, 1.807) is 30.3 Å². The topological polar surface area (TPSA) is 125 Å². The number of halogens is 1. The number of sulfonamides is 1. The number of anilines is 1. The maximum atomic E-state index is 12.1. The number of nitrogens with one attached hydrogen (secondary N) is 2. The van der Waals surface area contributed by atoms with Crippen molar-refractivity contribution in [3.63, 3.8) is 0 Å². The Morgan fingerprint density at radius 2 is 1.77 bits per heavy atom. The molecule has 0 unspecified atom stereocenters. The van der Waals surface area contributed by atoms with Crippen LogP contribution in [0, 0.1) is 11.3 Å². The van der Waals surface area contributed by atoms with Gasteiger partial charge in [0.1, 0.15) is 11.6 Å². The van der Waals surface area contributed by atoms with Crippen molar-refractivity contribution in [2.45, 2.75) is 11.4 Å². The predicted molar refractivity (Wildman–Crippen MR) is 98.4 cm³/mol. The summed E-state index contributed by atoms with van der Waals surface area (Å²) in [5.74, 6) is -0.545. The van der Waals surface area contributed by atoms with Crippen LogP contribution < -0.4 is 15.8 Å². The zero-order valence-corrected chi connectivity index (χ0v) is 15.0. The number of hydrogen-bond donors (Lipinski definition) is 3. The molecule has 4 N–H and O–H groups in total. The highest BCUT2D eigenvalue weighted by molar-refractivity contribution is 7.89. The largest absolute Gasteiger partial charge is 0.360 e. The molecule has 0 bridgehead atoms. The molecule has 2 rings (SSSR count). The Labute approximate surface area is 156 Å². The number of nitrogens with two attached hydrogens (primary N) is 1. The van der Waals surface area contributed by atoms with E-state index in [1.165, 1.54) is 30.5 Å². The second kappa shape index (κ2) is 8.49. The Morgan fingerprint density at radius 3 is 2.31 bits per heavy atom. The number of amides is 1. The normalized spacial score (nSPS) is 11.5. The van der Waals surface area contributed by atoms with E-state index in [0.717, 1.165) is 5.56 Å². The molecule has 0 atom stereocenters. The standard InChI is InChI=1S/C17H15ClN4O3S/c18-14-3-1-12(2-4-14)10-22-17(23)13(9-19)11-21-15-5-7-16(8-6-15)26(20,24)25/h1-8,11,21H,10H2,(H,22,23)(H2,20,24,25)/b13-11-. The third-order valence-corrected chi connectivity index (χ3v) is 4.48. The van der Waals surface area contributed by atoms with E-state index in [0.29, 0.717) is 10.7 Å². The summed E-state index contributed by atoms with van der Waals surface area (Å²) in [5.41, 5.74) is 1.21. The van der Waals surface area contributed by atoms with Crippen LogP contribution in [-0.4, -0.2) is 14.3 Å². The van der Waals surface area contributed by atoms with Crippen molar-refractivity contribution in [1.29, 1.82) is 5.26 Å². The Balaban J connectivity index is 1.99. The van der Waals surface area contributed by atoms with E-state index in [-0.39, 0.29) is 17.0 Å². The molecule has 0 aliphatic carbocycles. The van der Waals surface area contributed by atoms with Crippen molar-refractivity contribution >= 4 is 33.2 Å². The molecule has 0 spiro atoms. The molecule has 134 valence electrons. The summed E-state index contributed by atoms with van der Waals surface area (Å²) < 4.78 is 22.4. The Morgan fingerprint density at radius 1 is 1.15 bits per heavy atom. The van der Waals surface area contributed by atoms with Gasteiger partial charge >= 0.3 is 0 Å². The molecular weight excluding hydrogens is 376 g/mol. The smallest absolute Gasteiger partial charge is 0.263 e. The van der Waals surface area contributed by atoms with Crippen LogP contribution in [0.3, 0.4) is 0 Å². The van der Waals surface area contributed by atoms with Gasteiger partial charge in [0.25, 0.3) is 5.91 Å². The molecule has 2 aromatic carbocycles. The van der Waals surface area contributed by atoms with Crippen molar-refractivity contribution in [2.75, 3.05) is 5.32 Å². The van der Waals surface area contributed by atoms with Crippen molar-refractivity contribution in [3.05, 3.63) is 70.9 Å². The molecular formula is C17H15ClN4O3S. The van der Waals surface area contributed by atoms with Crippen molar-refractivity contribution in [1.82, 2.24) is 5.32 Å². The lowest BCUT2D eigenvalue weighted by Gasteiger charge is -2.06. The summed E-state index contributed by atoms with van der Waals surface area (Å²) >= 11 is 5.79. The molecule has 0 aliphatic rings. The second-order valence-corrected chi connectivity index (χ2v) is 7.19. The summed E-state index contributed by atoms with van der Waals surface area (Å²) in [6.45, 7) is 0.248. The van der Waals surface area contributed by atoms with Gasteiger partial charge < -0.3 is 10.6 Å². The van der Waals surface area contributed by atoms with Gasteiger partial charge in [0.15, 0.2) is 0 Å². The quantitative estimate of drug-likeness (QED) is 0.514. The highest BCUT2D eigenvalue weighted by Gasteiger charge is 2.09. The molecule has 0 fully saturated rings. The number of rotatable bonds is 6. The number of carbonyl (C=O) groups is 1. The Hall–Kier alpha value is -2.86. The van der Waals surface area contributed by atoms with Gasteiger partial charge in [0.2, 0.25) is 10.0 Å². The fourth-order valence-corrected chi connectivity index (χ4v) is 2.57. The van der Waals surface area contributed by atoms with Crippen molar-refractivity contribution in [3.8, 4) is 6.07 Å². The molecule has 9 heteroatoms. The molecule has 7 nitrogen and oxygen atoms in total. The summed E-state index contributed by atoms with van der Waals surface area (Å²) in [4.78, 5) is 12.0. The molecule has 0 saturated heterocycles. The van der Waals surface area contributed by atoms with Crippen molar-refractivity contribution < 1.29 is 13.2 Å². The lowest BCUT2D eigenvalue weighted by molar-refractivity contribution is -0.117. The van der Waals surface area contributed by atoms with E-state index < -0.39 is 15.9 Å². The van der Waals surface area contributed by atoms with E-state index in [9.17, 15) is 13.2 Å². The monoisotopic (exact) mass is 390 g/mol. The number of benzene rings is 2. The van der Waals surface area contributed by atoms with Gasteiger partial charge in [0.05, 0.1) is 4.90 Å². The van der Waals surface area contributed by atoms with Crippen LogP contribution in [0.1, 0.15) is 5.56 Å². The van der Waals surface area contributed by atoms with Crippen LogP contribution in [0.15, 0.2) is 65.2 Å². The molecule has 1 amide bonds. The highest BCUT2D eigenvalue weighted by Crippen LogP contribution is 2.13. The van der Waals surface area contributed by atoms with Gasteiger partial charge in [-0.2, -0.15) is 5.26 Å². The maximum Gasteiger partial charge on any atom is 0.263 e. The molecule has 26 heavy (non-hydrogen) atoms. The summed E-state index contributed by atoms with van der Waals surface area (Å²) in [7, 11) is -3.77. The molecule has 0 saturated carbocycles. The predicted octanol–water partition coefficient (Wildman–Crippen LogP) is 2.12. The van der Waals surface area contributed by atoms with Gasteiger partial charge in [-0.3, -0.25) is 4.79 Å². The number of primary sulfonamides is 1. The van der Waals surface area contributed by atoms with Gasteiger partial charge in [0, 0.05) is 23.5 Å². The Bertz CT molecular complexity index is 963. The average molecular weight is 391 g/mol. The number of hydrogen-bond acceptors (Lipinski definition) is 5. The van der Waals surface area contributed by atoms with E-state index >= 15 is 0 Å². The Kier molecular flexibility index (Phi) is 6.36. The highest BCUT2D eigenvalue weighted by atomic mass is 35.5. The van der Waals surface area contributed by atoms with Crippen LogP contribution in [0.5, 0.6) is 0 Å². The third-order valence-electron chi connectivity index (χ3n) is 3.30. The fraction of sp³-hybridized carbons (Fsp3) is 0.0588. The first-order chi connectivity index (χ1) is 12.3.